The van der Waals surface area contributed by atoms with Gasteiger partial charge in [0.15, 0.2) is 0 Å². The van der Waals surface area contributed by atoms with Crippen LogP contribution in [-0.4, -0.2) is 31.4 Å². The lowest BCUT2D eigenvalue weighted by Gasteiger charge is -2.27. The Morgan fingerprint density at radius 1 is 1.03 bits per heavy atom. The quantitative estimate of drug-likeness (QED) is 0.483. The number of benzene rings is 1. The second-order valence-corrected chi connectivity index (χ2v) is 8.14. The number of nitrogens with zero attached hydrogens (tertiary/aromatic N) is 4. The van der Waals surface area contributed by atoms with Crippen LogP contribution in [0.1, 0.15) is 22.4 Å². The minimum absolute atomic E-state index is 0.0514. The molecule has 0 atom stereocenters. The van der Waals surface area contributed by atoms with Crippen LogP contribution in [0.3, 0.4) is 0 Å². The third-order valence-electron chi connectivity index (χ3n) is 5.82. The predicted octanol–water partition coefficient (Wildman–Crippen LogP) is 4.47. The Labute approximate surface area is 193 Å². The zero-order valence-corrected chi connectivity index (χ0v) is 18.0. The summed E-state index contributed by atoms with van der Waals surface area (Å²) in [5.74, 6) is 0.504. The van der Waals surface area contributed by atoms with Gasteiger partial charge in [-0.2, -0.15) is 13.2 Å². The molecule has 0 unspecified atom stereocenters. The average molecular weight is 463 g/mol. The summed E-state index contributed by atoms with van der Waals surface area (Å²) in [5, 5.41) is 0. The molecule has 1 aliphatic rings. The Morgan fingerprint density at radius 2 is 1.88 bits per heavy atom. The number of H-pyrrole nitrogens is 1. The van der Waals surface area contributed by atoms with E-state index in [2.05, 4.69) is 24.8 Å². The Bertz CT molecular complexity index is 1370. The van der Waals surface area contributed by atoms with Gasteiger partial charge in [-0.25, -0.2) is 4.98 Å². The molecule has 0 radical (unpaired) electrons. The molecule has 0 fully saturated rings. The maximum absolute atomic E-state index is 13.3. The third-order valence-corrected chi connectivity index (χ3v) is 5.82. The summed E-state index contributed by atoms with van der Waals surface area (Å²) in [6.45, 7) is 1.66. The molecule has 172 valence electrons. The maximum Gasteiger partial charge on any atom is 0.417 e. The van der Waals surface area contributed by atoms with Gasteiger partial charge in [0.05, 0.1) is 22.5 Å². The number of hydrogen-bond donors (Lipinski definition) is 1. The minimum Gasteiger partial charge on any atom is -0.306 e. The van der Waals surface area contributed by atoms with E-state index >= 15 is 0 Å². The summed E-state index contributed by atoms with van der Waals surface area (Å²) < 4.78 is 40.0. The van der Waals surface area contributed by atoms with Gasteiger partial charge in [-0.3, -0.25) is 19.7 Å². The van der Waals surface area contributed by atoms with Crippen molar-refractivity contribution in [3.05, 3.63) is 99.9 Å². The minimum atomic E-state index is -4.45. The van der Waals surface area contributed by atoms with Gasteiger partial charge in [0.1, 0.15) is 5.82 Å². The molecule has 6 nitrogen and oxygen atoms in total. The summed E-state index contributed by atoms with van der Waals surface area (Å²) in [7, 11) is 0. The Hall–Kier alpha value is -3.85. The monoisotopic (exact) mass is 463 g/mol. The molecular weight excluding hydrogens is 443 g/mol. The molecule has 1 N–H and O–H groups in total. The van der Waals surface area contributed by atoms with Crippen LogP contribution < -0.4 is 5.56 Å². The van der Waals surface area contributed by atoms with E-state index in [0.29, 0.717) is 37.4 Å². The van der Waals surface area contributed by atoms with Gasteiger partial charge in [0.25, 0.3) is 5.56 Å². The van der Waals surface area contributed by atoms with Crippen molar-refractivity contribution in [3.63, 3.8) is 0 Å². The molecular formula is C25H20F3N5O. The van der Waals surface area contributed by atoms with Crippen LogP contribution in [0.5, 0.6) is 0 Å². The molecule has 0 saturated carbocycles. The van der Waals surface area contributed by atoms with Gasteiger partial charge in [-0.1, -0.05) is 24.3 Å². The molecule has 0 bridgehead atoms. The van der Waals surface area contributed by atoms with Crippen molar-refractivity contribution in [2.24, 2.45) is 0 Å². The van der Waals surface area contributed by atoms with Crippen LogP contribution in [-0.2, 0) is 25.7 Å². The molecule has 3 aromatic heterocycles. The lowest BCUT2D eigenvalue weighted by molar-refractivity contribution is -0.137. The van der Waals surface area contributed by atoms with Gasteiger partial charge in [-0.05, 0) is 29.8 Å². The molecule has 0 spiro atoms. The second-order valence-electron chi connectivity index (χ2n) is 8.14. The molecule has 34 heavy (non-hydrogen) atoms. The van der Waals surface area contributed by atoms with E-state index in [4.69, 9.17) is 0 Å². The number of aromatic amines is 1. The third kappa shape index (κ3) is 4.47. The van der Waals surface area contributed by atoms with Gasteiger partial charge in [0.2, 0.25) is 0 Å². The van der Waals surface area contributed by atoms with E-state index in [0.717, 1.165) is 22.9 Å². The maximum atomic E-state index is 13.3. The van der Waals surface area contributed by atoms with Gasteiger partial charge < -0.3 is 4.98 Å². The number of hydrogen-bond acceptors (Lipinski definition) is 5. The Morgan fingerprint density at radius 3 is 2.62 bits per heavy atom. The van der Waals surface area contributed by atoms with E-state index in [-0.39, 0.29) is 16.8 Å². The normalized spacial score (nSPS) is 14.1. The average Bonchev–Trinajstić information content (AvgIpc) is 2.85. The number of rotatable bonds is 4. The molecule has 0 saturated heterocycles. The van der Waals surface area contributed by atoms with Gasteiger partial charge in [0, 0.05) is 55.8 Å². The number of fused-ring (bicyclic) bond motifs is 1. The molecule has 0 aliphatic carbocycles. The summed E-state index contributed by atoms with van der Waals surface area (Å²) >= 11 is 0. The molecule has 1 aromatic carbocycles. The van der Waals surface area contributed by atoms with Crippen LogP contribution in [0.15, 0.2) is 71.9 Å². The highest BCUT2D eigenvalue weighted by Crippen LogP contribution is 2.36. The highest BCUT2D eigenvalue weighted by atomic mass is 19.4. The first kappa shape index (κ1) is 22.0. The summed E-state index contributed by atoms with van der Waals surface area (Å²) in [6, 6.07) is 12.4. The highest BCUT2D eigenvalue weighted by molar-refractivity contribution is 5.64. The van der Waals surface area contributed by atoms with Crippen LogP contribution in [0.25, 0.3) is 22.6 Å². The number of aromatic nitrogens is 4. The first-order chi connectivity index (χ1) is 16.4. The zero-order valence-electron chi connectivity index (χ0n) is 18.0. The summed E-state index contributed by atoms with van der Waals surface area (Å²) in [5.41, 5.74) is 2.44. The molecule has 1 aliphatic heterocycles. The fourth-order valence-electron chi connectivity index (χ4n) is 4.14. The lowest BCUT2D eigenvalue weighted by Crippen LogP contribution is -2.35. The van der Waals surface area contributed by atoms with Crippen LogP contribution in [0, 0.1) is 0 Å². The lowest BCUT2D eigenvalue weighted by atomic mass is 10.0. The number of halogens is 3. The fraction of sp³-hybridized carbons (Fsp3) is 0.200. The summed E-state index contributed by atoms with van der Waals surface area (Å²) in [6.07, 6.45) is 1.08. The largest absolute Gasteiger partial charge is 0.417 e. The van der Waals surface area contributed by atoms with Crippen molar-refractivity contribution in [3.8, 4) is 22.6 Å². The van der Waals surface area contributed by atoms with E-state index in [1.165, 1.54) is 12.1 Å². The first-order valence-corrected chi connectivity index (χ1v) is 10.7. The highest BCUT2D eigenvalue weighted by Gasteiger charge is 2.33. The van der Waals surface area contributed by atoms with E-state index < -0.39 is 11.7 Å². The summed E-state index contributed by atoms with van der Waals surface area (Å²) in [4.78, 5) is 30.7. The number of pyridine rings is 2. The van der Waals surface area contributed by atoms with Crippen molar-refractivity contribution in [2.45, 2.75) is 25.7 Å². The number of nitrogens with one attached hydrogen (secondary N) is 1. The van der Waals surface area contributed by atoms with E-state index in [1.54, 1.807) is 42.9 Å². The first-order valence-electron chi connectivity index (χ1n) is 10.7. The Kier molecular flexibility index (Phi) is 5.70. The molecule has 4 aromatic rings. The zero-order chi connectivity index (χ0) is 23.7. The predicted molar refractivity (Wildman–Crippen MR) is 121 cm³/mol. The van der Waals surface area contributed by atoms with Crippen LogP contribution in [0.4, 0.5) is 13.2 Å². The van der Waals surface area contributed by atoms with Crippen LogP contribution in [0.2, 0.25) is 0 Å². The van der Waals surface area contributed by atoms with Crippen molar-refractivity contribution in [1.82, 2.24) is 24.8 Å². The second kappa shape index (κ2) is 8.83. The smallest absolute Gasteiger partial charge is 0.306 e. The Balaban J connectivity index is 1.32. The van der Waals surface area contributed by atoms with Crippen molar-refractivity contribution >= 4 is 0 Å². The standard InChI is InChI=1S/C25H20F3N5O/c26-25(27,28)20-6-2-1-5-18(20)21-8-7-16(12-30-21)14-33-11-9-22-19(15-33)24(34)32-23(31-22)17-4-3-10-29-13-17/h1-8,10,12-13H,9,11,14-15H2,(H,31,32,34). The number of alkyl halides is 3. The van der Waals surface area contributed by atoms with E-state index in [1.807, 2.05) is 6.07 Å². The molecule has 4 heterocycles. The molecule has 9 heteroatoms. The van der Waals surface area contributed by atoms with Crippen molar-refractivity contribution in [1.29, 1.82) is 0 Å². The van der Waals surface area contributed by atoms with E-state index in [9.17, 15) is 18.0 Å². The molecule has 5 rings (SSSR count). The molecule has 0 amide bonds. The van der Waals surface area contributed by atoms with Gasteiger partial charge >= 0.3 is 6.18 Å². The SMILES string of the molecule is O=c1[nH]c(-c2cccnc2)nc2c1CN(Cc1ccc(-c3ccccc3C(F)(F)F)nc1)CC2. The van der Waals surface area contributed by atoms with Crippen molar-refractivity contribution in [2.75, 3.05) is 6.54 Å². The van der Waals surface area contributed by atoms with Crippen LogP contribution >= 0.6 is 0 Å². The van der Waals surface area contributed by atoms with Crippen molar-refractivity contribution < 1.29 is 13.2 Å². The van der Waals surface area contributed by atoms with Gasteiger partial charge in [-0.15, -0.1) is 0 Å². The fourth-order valence-corrected chi connectivity index (χ4v) is 4.14. The topological polar surface area (TPSA) is 74.8 Å².